The van der Waals surface area contributed by atoms with Crippen molar-refractivity contribution < 1.29 is 18.3 Å². The predicted octanol–water partition coefficient (Wildman–Crippen LogP) is 2.19. The van der Waals surface area contributed by atoms with Gasteiger partial charge in [0, 0.05) is 6.54 Å². The van der Waals surface area contributed by atoms with Crippen molar-refractivity contribution in [3.63, 3.8) is 0 Å². The van der Waals surface area contributed by atoms with E-state index in [1.165, 1.54) is 0 Å². The minimum atomic E-state index is -4.02. The molecular formula is C13H20N2O4S. The van der Waals surface area contributed by atoms with Crippen LogP contribution in [-0.4, -0.2) is 30.5 Å². The fourth-order valence-electron chi connectivity index (χ4n) is 1.66. The van der Waals surface area contributed by atoms with Crippen LogP contribution in [0.5, 0.6) is 0 Å². The summed E-state index contributed by atoms with van der Waals surface area (Å²) in [6, 6.07) is 8.62. The van der Waals surface area contributed by atoms with Gasteiger partial charge in [-0.05, 0) is 12.0 Å². The average Bonchev–Trinajstić information content (AvgIpc) is 2.42. The maximum absolute atomic E-state index is 12.0. The standard InChI is InChI=1S/C13H20N2O4S/c1-2-3-7-10-14-20(18,19)15(13(16)17)11-12-8-5-4-6-9-12/h4-6,8-9,14H,2-3,7,10-11H2,1H3,(H,16,17). The van der Waals surface area contributed by atoms with E-state index in [0.717, 1.165) is 12.8 Å². The molecule has 20 heavy (non-hydrogen) atoms. The Morgan fingerprint density at radius 3 is 2.45 bits per heavy atom. The number of carboxylic acid groups (broad SMARTS) is 1. The first kappa shape index (κ1) is 16.5. The van der Waals surface area contributed by atoms with Crippen LogP contribution in [0.3, 0.4) is 0 Å². The van der Waals surface area contributed by atoms with Gasteiger partial charge in [0.25, 0.3) is 0 Å². The first-order valence-electron chi connectivity index (χ1n) is 6.51. The van der Waals surface area contributed by atoms with E-state index in [1.807, 2.05) is 6.92 Å². The highest BCUT2D eigenvalue weighted by atomic mass is 32.2. The van der Waals surface area contributed by atoms with Gasteiger partial charge in [-0.3, -0.25) is 0 Å². The van der Waals surface area contributed by atoms with Gasteiger partial charge in [-0.2, -0.15) is 17.4 Å². The van der Waals surface area contributed by atoms with E-state index >= 15 is 0 Å². The highest BCUT2D eigenvalue weighted by molar-refractivity contribution is 7.87. The minimum absolute atomic E-state index is 0.195. The van der Waals surface area contributed by atoms with Gasteiger partial charge in [-0.1, -0.05) is 50.1 Å². The van der Waals surface area contributed by atoms with Gasteiger partial charge < -0.3 is 5.11 Å². The van der Waals surface area contributed by atoms with Crippen LogP contribution >= 0.6 is 0 Å². The molecule has 7 heteroatoms. The number of nitrogens with zero attached hydrogens (tertiary/aromatic N) is 1. The lowest BCUT2D eigenvalue weighted by Gasteiger charge is -2.19. The molecule has 1 rings (SSSR count). The lowest BCUT2D eigenvalue weighted by Crippen LogP contribution is -2.43. The summed E-state index contributed by atoms with van der Waals surface area (Å²) in [5, 5.41) is 9.08. The second-order valence-corrected chi connectivity index (χ2v) is 6.06. The number of rotatable bonds is 8. The van der Waals surface area contributed by atoms with Crippen molar-refractivity contribution in [2.45, 2.75) is 32.7 Å². The van der Waals surface area contributed by atoms with Crippen LogP contribution < -0.4 is 4.72 Å². The van der Waals surface area contributed by atoms with Crippen molar-refractivity contribution in [2.24, 2.45) is 0 Å². The summed E-state index contributed by atoms with van der Waals surface area (Å²) in [6.07, 6.45) is 1.06. The Labute approximate surface area is 119 Å². The van der Waals surface area contributed by atoms with E-state index in [4.69, 9.17) is 5.11 Å². The van der Waals surface area contributed by atoms with E-state index in [0.29, 0.717) is 16.3 Å². The second-order valence-electron chi connectivity index (χ2n) is 4.38. The molecule has 0 aliphatic rings. The van der Waals surface area contributed by atoms with Crippen LogP contribution in [0.15, 0.2) is 30.3 Å². The van der Waals surface area contributed by atoms with Crippen molar-refractivity contribution in [3.05, 3.63) is 35.9 Å². The third-order valence-electron chi connectivity index (χ3n) is 2.74. The van der Waals surface area contributed by atoms with E-state index in [9.17, 15) is 13.2 Å². The summed E-state index contributed by atoms with van der Waals surface area (Å²) in [4.78, 5) is 11.1. The summed E-state index contributed by atoms with van der Waals surface area (Å²) in [5.74, 6) is 0. The second kappa shape index (κ2) is 7.86. The Bertz CT molecular complexity index is 516. The Hall–Kier alpha value is -1.60. The number of carbonyl (C=O) groups is 1. The molecule has 1 aromatic carbocycles. The van der Waals surface area contributed by atoms with Crippen molar-refractivity contribution >= 4 is 16.3 Å². The molecule has 0 aliphatic heterocycles. The van der Waals surface area contributed by atoms with Crippen LogP contribution in [0.1, 0.15) is 31.7 Å². The van der Waals surface area contributed by atoms with Gasteiger partial charge in [0.05, 0.1) is 6.54 Å². The Balaban J connectivity index is 2.72. The van der Waals surface area contributed by atoms with Crippen LogP contribution in [0, 0.1) is 0 Å². The molecule has 0 saturated carbocycles. The largest absolute Gasteiger partial charge is 0.464 e. The highest BCUT2D eigenvalue weighted by Crippen LogP contribution is 2.08. The topological polar surface area (TPSA) is 86.7 Å². The molecule has 0 aliphatic carbocycles. The fourth-order valence-corrected chi connectivity index (χ4v) is 2.74. The predicted molar refractivity (Wildman–Crippen MR) is 76.5 cm³/mol. The summed E-state index contributed by atoms with van der Waals surface area (Å²) >= 11 is 0. The van der Waals surface area contributed by atoms with Crippen LogP contribution in [0.4, 0.5) is 4.79 Å². The van der Waals surface area contributed by atoms with Crippen LogP contribution in [-0.2, 0) is 16.8 Å². The summed E-state index contributed by atoms with van der Waals surface area (Å²) in [5.41, 5.74) is 0.619. The zero-order chi connectivity index (χ0) is 15.0. The van der Waals surface area contributed by atoms with E-state index in [-0.39, 0.29) is 13.1 Å². The summed E-state index contributed by atoms with van der Waals surface area (Å²) < 4.78 is 26.7. The first-order chi connectivity index (χ1) is 9.47. The number of unbranched alkanes of at least 4 members (excludes halogenated alkanes) is 2. The summed E-state index contributed by atoms with van der Waals surface area (Å²) in [6.45, 7) is 2.06. The number of hydrogen-bond donors (Lipinski definition) is 2. The molecule has 0 heterocycles. The van der Waals surface area contributed by atoms with Crippen molar-refractivity contribution in [2.75, 3.05) is 6.54 Å². The van der Waals surface area contributed by atoms with E-state index in [2.05, 4.69) is 4.72 Å². The number of benzene rings is 1. The molecule has 1 amide bonds. The molecule has 0 bridgehead atoms. The maximum Gasteiger partial charge on any atom is 0.422 e. The first-order valence-corrected chi connectivity index (χ1v) is 7.95. The number of nitrogens with one attached hydrogen (secondary N) is 1. The quantitative estimate of drug-likeness (QED) is 0.720. The molecule has 0 saturated heterocycles. The SMILES string of the molecule is CCCCCNS(=O)(=O)N(Cc1ccccc1)C(=O)O. The molecule has 0 fully saturated rings. The third kappa shape index (κ3) is 5.18. The fraction of sp³-hybridized carbons (Fsp3) is 0.462. The van der Waals surface area contributed by atoms with E-state index < -0.39 is 16.3 Å². The number of hydrogen-bond acceptors (Lipinski definition) is 3. The molecule has 6 nitrogen and oxygen atoms in total. The molecule has 0 radical (unpaired) electrons. The van der Waals surface area contributed by atoms with Crippen molar-refractivity contribution in [1.82, 2.24) is 9.03 Å². The lowest BCUT2D eigenvalue weighted by molar-refractivity contribution is 0.170. The number of amides is 1. The Morgan fingerprint density at radius 1 is 1.25 bits per heavy atom. The normalized spacial score (nSPS) is 11.2. The zero-order valence-corrected chi connectivity index (χ0v) is 12.3. The van der Waals surface area contributed by atoms with Crippen LogP contribution in [0.25, 0.3) is 0 Å². The molecule has 0 spiro atoms. The highest BCUT2D eigenvalue weighted by Gasteiger charge is 2.26. The Morgan fingerprint density at radius 2 is 1.90 bits per heavy atom. The van der Waals surface area contributed by atoms with E-state index in [1.54, 1.807) is 30.3 Å². The van der Waals surface area contributed by atoms with Gasteiger partial charge in [0.2, 0.25) is 0 Å². The van der Waals surface area contributed by atoms with Gasteiger partial charge in [-0.15, -0.1) is 0 Å². The van der Waals surface area contributed by atoms with Gasteiger partial charge >= 0.3 is 16.3 Å². The average molecular weight is 300 g/mol. The Kier molecular flexibility index (Phi) is 6.47. The molecule has 0 aromatic heterocycles. The molecule has 1 aromatic rings. The molecule has 0 unspecified atom stereocenters. The van der Waals surface area contributed by atoms with Crippen LogP contribution in [0.2, 0.25) is 0 Å². The van der Waals surface area contributed by atoms with Gasteiger partial charge in [-0.25, -0.2) is 4.79 Å². The lowest BCUT2D eigenvalue weighted by atomic mass is 10.2. The molecule has 112 valence electrons. The zero-order valence-electron chi connectivity index (χ0n) is 11.4. The smallest absolute Gasteiger partial charge is 0.422 e. The van der Waals surface area contributed by atoms with Crippen molar-refractivity contribution in [1.29, 1.82) is 0 Å². The molecular weight excluding hydrogens is 280 g/mol. The third-order valence-corrected chi connectivity index (χ3v) is 4.17. The van der Waals surface area contributed by atoms with Gasteiger partial charge in [0.15, 0.2) is 0 Å². The maximum atomic E-state index is 12.0. The molecule has 0 atom stereocenters. The molecule has 2 N–H and O–H groups in total. The minimum Gasteiger partial charge on any atom is -0.464 e. The monoisotopic (exact) mass is 300 g/mol. The van der Waals surface area contributed by atoms with Crippen molar-refractivity contribution in [3.8, 4) is 0 Å². The summed E-state index contributed by atoms with van der Waals surface area (Å²) in [7, 11) is -4.02. The van der Waals surface area contributed by atoms with Gasteiger partial charge in [0.1, 0.15) is 0 Å².